The fourth-order valence-corrected chi connectivity index (χ4v) is 2.14. The van der Waals surface area contributed by atoms with Crippen molar-refractivity contribution in [1.29, 1.82) is 5.26 Å². The first kappa shape index (κ1) is 18.0. The predicted octanol–water partition coefficient (Wildman–Crippen LogP) is 3.59. The number of ketones is 1. The zero-order valence-corrected chi connectivity index (χ0v) is 13.2. The lowest BCUT2D eigenvalue weighted by Gasteiger charge is -2.13. The number of unbranched alkanes of at least 4 members (excludes halogenated alkanes) is 4. The molecule has 5 nitrogen and oxygen atoms in total. The van der Waals surface area contributed by atoms with Gasteiger partial charge in [0.1, 0.15) is 11.5 Å². The third kappa shape index (κ3) is 5.74. The van der Waals surface area contributed by atoms with Gasteiger partial charge in [0, 0.05) is 25.2 Å². The highest BCUT2D eigenvalue weighted by atomic mass is 16.5. The molecule has 0 aromatic heterocycles. The number of rotatable bonds is 10. The van der Waals surface area contributed by atoms with Gasteiger partial charge in [0.25, 0.3) is 0 Å². The van der Waals surface area contributed by atoms with E-state index >= 15 is 0 Å². The Bertz CT molecular complexity index is 534. The molecule has 0 amide bonds. The fourth-order valence-electron chi connectivity index (χ4n) is 2.14. The minimum absolute atomic E-state index is 0.0728. The third-order valence-electron chi connectivity index (χ3n) is 3.30. The number of nitrogens with zero attached hydrogens (tertiary/aromatic N) is 1. The molecule has 1 aromatic carbocycles. The van der Waals surface area contributed by atoms with Gasteiger partial charge >= 0.3 is 0 Å². The van der Waals surface area contributed by atoms with E-state index in [2.05, 4.69) is 6.07 Å². The van der Waals surface area contributed by atoms with Crippen molar-refractivity contribution in [1.82, 2.24) is 0 Å². The minimum Gasteiger partial charge on any atom is -0.507 e. The minimum atomic E-state index is -0.195. The molecule has 0 spiro atoms. The van der Waals surface area contributed by atoms with Gasteiger partial charge in [-0.3, -0.25) is 4.79 Å². The van der Waals surface area contributed by atoms with E-state index in [1.807, 2.05) is 0 Å². The van der Waals surface area contributed by atoms with Crippen molar-refractivity contribution in [2.24, 2.45) is 0 Å². The van der Waals surface area contributed by atoms with E-state index in [9.17, 15) is 9.90 Å². The molecule has 0 saturated carbocycles. The van der Waals surface area contributed by atoms with Gasteiger partial charge in [0.15, 0.2) is 5.78 Å². The molecule has 0 aliphatic heterocycles. The number of hydrogen-bond donors (Lipinski definition) is 1. The summed E-state index contributed by atoms with van der Waals surface area (Å²) >= 11 is 0. The Morgan fingerprint density at radius 2 is 2.00 bits per heavy atom. The van der Waals surface area contributed by atoms with Gasteiger partial charge in [-0.15, -0.1) is 0 Å². The van der Waals surface area contributed by atoms with E-state index in [4.69, 9.17) is 14.7 Å². The van der Waals surface area contributed by atoms with Crippen molar-refractivity contribution >= 4 is 5.78 Å². The van der Waals surface area contributed by atoms with Gasteiger partial charge in [-0.25, -0.2) is 0 Å². The second-order valence-corrected chi connectivity index (χ2v) is 5.14. The van der Waals surface area contributed by atoms with Crippen LogP contribution in [0.15, 0.2) is 12.1 Å². The van der Waals surface area contributed by atoms with Gasteiger partial charge < -0.3 is 14.6 Å². The summed E-state index contributed by atoms with van der Waals surface area (Å²) in [5.41, 5.74) is 1.02. The Kier molecular flexibility index (Phi) is 8.01. The molecule has 0 saturated heterocycles. The van der Waals surface area contributed by atoms with Gasteiger partial charge in [0.05, 0.1) is 24.8 Å². The summed E-state index contributed by atoms with van der Waals surface area (Å²) in [6.07, 6.45) is 4.40. The molecular formula is C17H23NO4. The van der Waals surface area contributed by atoms with Crippen LogP contribution in [0.4, 0.5) is 0 Å². The molecule has 22 heavy (non-hydrogen) atoms. The van der Waals surface area contributed by atoms with Crippen LogP contribution in [0.1, 0.15) is 54.9 Å². The van der Waals surface area contributed by atoms with E-state index in [1.165, 1.54) is 13.0 Å². The molecule has 0 heterocycles. The molecular weight excluding hydrogens is 282 g/mol. The van der Waals surface area contributed by atoms with Crippen molar-refractivity contribution in [2.75, 3.05) is 13.7 Å². The van der Waals surface area contributed by atoms with Crippen LogP contribution in [0.25, 0.3) is 0 Å². The molecule has 120 valence electrons. The van der Waals surface area contributed by atoms with Crippen molar-refractivity contribution in [2.45, 2.75) is 45.6 Å². The van der Waals surface area contributed by atoms with Crippen LogP contribution in [0, 0.1) is 11.3 Å². The normalized spacial score (nSPS) is 10.2. The molecule has 0 radical (unpaired) electrons. The topological polar surface area (TPSA) is 79.6 Å². The number of nitriles is 1. The summed E-state index contributed by atoms with van der Waals surface area (Å²) < 4.78 is 10.8. The van der Waals surface area contributed by atoms with E-state index < -0.39 is 0 Å². The summed E-state index contributed by atoms with van der Waals surface area (Å²) in [6.45, 7) is 2.26. The average molecular weight is 305 g/mol. The molecule has 0 aliphatic carbocycles. The maximum atomic E-state index is 11.5. The Balaban J connectivity index is 2.59. The first-order chi connectivity index (χ1) is 10.6. The van der Waals surface area contributed by atoms with Crippen molar-refractivity contribution in [3.05, 3.63) is 23.3 Å². The second-order valence-electron chi connectivity index (χ2n) is 5.14. The maximum Gasteiger partial charge on any atom is 0.163 e. The van der Waals surface area contributed by atoms with Crippen LogP contribution < -0.4 is 4.74 Å². The van der Waals surface area contributed by atoms with Crippen molar-refractivity contribution < 1.29 is 19.4 Å². The summed E-state index contributed by atoms with van der Waals surface area (Å²) in [4.78, 5) is 11.5. The fraction of sp³-hybridized carbons (Fsp3) is 0.529. The molecule has 1 aromatic rings. The van der Waals surface area contributed by atoms with Crippen LogP contribution in [0.5, 0.6) is 11.5 Å². The second kappa shape index (κ2) is 9.80. The Morgan fingerprint density at radius 3 is 2.64 bits per heavy atom. The number of carbonyl (C=O) groups excluding carboxylic acids is 1. The third-order valence-corrected chi connectivity index (χ3v) is 3.30. The van der Waals surface area contributed by atoms with E-state index in [0.717, 1.165) is 31.2 Å². The van der Waals surface area contributed by atoms with Crippen LogP contribution in [0.3, 0.4) is 0 Å². The first-order valence-corrected chi connectivity index (χ1v) is 7.45. The lowest BCUT2D eigenvalue weighted by molar-refractivity contribution is 0.101. The molecule has 0 atom stereocenters. The number of phenols is 1. The predicted molar refractivity (Wildman–Crippen MR) is 83.0 cm³/mol. The number of phenolic OH excluding ortho intramolecular Hbond substituents is 1. The highest BCUT2D eigenvalue weighted by Crippen LogP contribution is 2.29. The molecule has 5 heteroatoms. The summed E-state index contributed by atoms with van der Waals surface area (Å²) in [5, 5.41) is 18.3. The van der Waals surface area contributed by atoms with Crippen LogP contribution in [-0.4, -0.2) is 24.6 Å². The van der Waals surface area contributed by atoms with E-state index in [-0.39, 0.29) is 17.1 Å². The number of benzene rings is 1. The van der Waals surface area contributed by atoms with Crippen molar-refractivity contribution in [3.63, 3.8) is 0 Å². The SMILES string of the molecule is COCc1cc(C(C)=O)c(O)cc1OCCCCCCC#N. The Hall–Kier alpha value is -2.06. The number of methoxy groups -OCH3 is 1. The first-order valence-electron chi connectivity index (χ1n) is 7.45. The highest BCUT2D eigenvalue weighted by Gasteiger charge is 2.13. The van der Waals surface area contributed by atoms with E-state index in [1.54, 1.807) is 13.2 Å². The highest BCUT2D eigenvalue weighted by molar-refractivity contribution is 5.97. The van der Waals surface area contributed by atoms with Gasteiger partial charge in [-0.05, 0) is 25.8 Å². The van der Waals surface area contributed by atoms with Crippen LogP contribution >= 0.6 is 0 Å². The lowest BCUT2D eigenvalue weighted by atomic mass is 10.1. The summed E-state index contributed by atoms with van der Waals surface area (Å²) in [6, 6.07) is 5.21. The Morgan fingerprint density at radius 1 is 1.27 bits per heavy atom. The number of carbonyl (C=O) groups is 1. The smallest absolute Gasteiger partial charge is 0.163 e. The maximum absolute atomic E-state index is 11.5. The average Bonchev–Trinajstić information content (AvgIpc) is 2.48. The monoisotopic (exact) mass is 305 g/mol. The number of Topliss-reactive ketones (excluding diaryl/α,β-unsaturated/α-hetero) is 1. The molecule has 0 unspecified atom stereocenters. The quantitative estimate of drug-likeness (QED) is 0.528. The summed E-state index contributed by atoms with van der Waals surface area (Å²) in [5.74, 6) is 0.275. The molecule has 0 bridgehead atoms. The van der Waals surface area contributed by atoms with Crippen LogP contribution in [-0.2, 0) is 11.3 Å². The molecule has 0 fully saturated rings. The Labute approximate surface area is 131 Å². The zero-order valence-electron chi connectivity index (χ0n) is 13.2. The summed E-state index contributed by atoms with van der Waals surface area (Å²) in [7, 11) is 1.57. The largest absolute Gasteiger partial charge is 0.507 e. The standard InChI is InChI=1S/C17H23NO4/c1-13(19)15-10-14(12-21-2)17(11-16(15)20)22-9-7-5-3-4-6-8-18/h10-11,20H,3-7,9,12H2,1-2H3. The zero-order chi connectivity index (χ0) is 16.4. The van der Waals surface area contributed by atoms with Crippen LogP contribution in [0.2, 0.25) is 0 Å². The van der Waals surface area contributed by atoms with Gasteiger partial charge in [-0.2, -0.15) is 5.26 Å². The lowest BCUT2D eigenvalue weighted by Crippen LogP contribution is -2.03. The van der Waals surface area contributed by atoms with Gasteiger partial charge in [0.2, 0.25) is 0 Å². The van der Waals surface area contributed by atoms with Crippen molar-refractivity contribution in [3.8, 4) is 17.6 Å². The van der Waals surface area contributed by atoms with Gasteiger partial charge in [-0.1, -0.05) is 12.8 Å². The molecule has 0 aliphatic rings. The van der Waals surface area contributed by atoms with E-state index in [0.29, 0.717) is 25.4 Å². The number of hydrogen-bond acceptors (Lipinski definition) is 5. The molecule has 1 N–H and O–H groups in total. The number of aromatic hydroxyl groups is 1. The molecule has 1 rings (SSSR count). The number of ether oxygens (including phenoxy) is 2.